The molecule has 1 saturated heterocycles. The number of fused-ring (bicyclic) bond motifs is 1. The summed E-state index contributed by atoms with van der Waals surface area (Å²) in [7, 11) is 0. The lowest BCUT2D eigenvalue weighted by Crippen LogP contribution is -2.03. The number of aromatic nitrogens is 3. The van der Waals surface area contributed by atoms with Gasteiger partial charge in [0, 0.05) is 24.2 Å². The van der Waals surface area contributed by atoms with Gasteiger partial charge in [-0.1, -0.05) is 23.7 Å². The summed E-state index contributed by atoms with van der Waals surface area (Å²) in [6.45, 7) is 2.00. The molecule has 0 saturated carbocycles. The molecule has 11 heteroatoms. The number of thioether (sulfide) groups is 1. The van der Waals surface area contributed by atoms with Gasteiger partial charge in [-0.25, -0.2) is 18.7 Å². The second kappa shape index (κ2) is 11.8. The van der Waals surface area contributed by atoms with Gasteiger partial charge in [0.05, 0.1) is 17.7 Å². The number of hydrogen-bond donors (Lipinski definition) is 1. The zero-order valence-electron chi connectivity index (χ0n) is 16.2. The zero-order chi connectivity index (χ0) is 21.5. The minimum atomic E-state index is -2.67. The molecule has 1 N–H and O–H groups in total. The Morgan fingerprint density at radius 1 is 1.20 bits per heavy atom. The van der Waals surface area contributed by atoms with E-state index in [4.69, 9.17) is 16.3 Å². The van der Waals surface area contributed by atoms with Crippen LogP contribution in [0, 0.1) is 0 Å². The van der Waals surface area contributed by atoms with Crippen molar-refractivity contribution in [2.75, 3.05) is 24.8 Å². The molecule has 4 rings (SSSR count). The predicted molar refractivity (Wildman–Crippen MR) is 131 cm³/mol. The third kappa shape index (κ3) is 5.94. The minimum Gasteiger partial charge on any atom is -0.381 e. The molecule has 2 aromatic heterocycles. The van der Waals surface area contributed by atoms with Gasteiger partial charge in [0.15, 0.2) is 11.5 Å². The molecule has 3 heterocycles. The van der Waals surface area contributed by atoms with Crippen LogP contribution in [0.3, 0.4) is 0 Å². The van der Waals surface area contributed by atoms with E-state index in [0.29, 0.717) is 16.9 Å². The van der Waals surface area contributed by atoms with Gasteiger partial charge in [-0.15, -0.1) is 11.8 Å². The van der Waals surface area contributed by atoms with Crippen molar-refractivity contribution in [3.63, 3.8) is 0 Å². The molecular weight excluding hydrogens is 564 g/mol. The third-order valence-electron chi connectivity index (χ3n) is 4.34. The van der Waals surface area contributed by atoms with Crippen LogP contribution in [-0.2, 0) is 4.74 Å². The standard InChI is InChI=1S/C14H11ClF2IN4PS.C5H10O/c1-24-9-5-3-2-4-7(9)19-8-6-10(15)20-13-11(8)21-14(12(16)17)22(13)23-18;1-2-4-6-5-3-1/h2-6,12,23H,1H3,(H,19,20);1-5H2. The van der Waals surface area contributed by atoms with Crippen LogP contribution in [-0.4, -0.2) is 33.8 Å². The van der Waals surface area contributed by atoms with E-state index in [1.807, 2.05) is 52.6 Å². The second-order valence-electron chi connectivity index (χ2n) is 6.35. The SMILES string of the molecule is C1CCOCC1.CSc1ccccc1Nc1cc(Cl)nc2c1nc(C(F)F)n2PI. The Morgan fingerprint density at radius 3 is 2.50 bits per heavy atom. The van der Waals surface area contributed by atoms with Gasteiger partial charge >= 0.3 is 0 Å². The number of alkyl halides is 2. The number of hydrogen-bond acceptors (Lipinski definition) is 5. The number of anilines is 2. The highest BCUT2D eigenvalue weighted by atomic mass is 127. The smallest absolute Gasteiger partial charge is 0.295 e. The van der Waals surface area contributed by atoms with Gasteiger partial charge in [-0.05, 0) is 59.7 Å². The van der Waals surface area contributed by atoms with Crippen LogP contribution in [0.5, 0.6) is 0 Å². The highest BCUT2D eigenvalue weighted by Crippen LogP contribution is 2.38. The molecule has 1 atom stereocenters. The lowest BCUT2D eigenvalue weighted by molar-refractivity contribution is 0.0968. The number of ether oxygens (including phenoxy) is 1. The number of nitrogens with one attached hydrogen (secondary N) is 1. The first kappa shape index (κ1) is 23.9. The summed E-state index contributed by atoms with van der Waals surface area (Å²) in [4.78, 5) is 9.31. The predicted octanol–water partition coefficient (Wildman–Crippen LogP) is 7.47. The number of nitrogens with zero attached hydrogens (tertiary/aromatic N) is 3. The van der Waals surface area contributed by atoms with Crippen molar-refractivity contribution in [2.24, 2.45) is 0 Å². The maximum absolute atomic E-state index is 13.3. The van der Waals surface area contributed by atoms with Crippen molar-refractivity contribution in [1.82, 2.24) is 14.3 Å². The van der Waals surface area contributed by atoms with E-state index < -0.39 is 6.43 Å². The van der Waals surface area contributed by atoms with E-state index in [0.717, 1.165) is 23.8 Å². The van der Waals surface area contributed by atoms with Gasteiger partial charge < -0.3 is 10.1 Å². The Balaban J connectivity index is 0.000000367. The van der Waals surface area contributed by atoms with Gasteiger partial charge in [0.2, 0.25) is 0 Å². The molecule has 1 fully saturated rings. The number of imidazole rings is 1. The number of pyridine rings is 1. The minimum absolute atomic E-state index is 0.0494. The number of rotatable bonds is 5. The van der Waals surface area contributed by atoms with Crippen molar-refractivity contribution in [3.05, 3.63) is 41.3 Å². The van der Waals surface area contributed by atoms with Crippen LogP contribution in [0.1, 0.15) is 31.5 Å². The van der Waals surface area contributed by atoms with Gasteiger partial charge in [0.1, 0.15) is 10.7 Å². The maximum Gasteiger partial charge on any atom is 0.295 e. The van der Waals surface area contributed by atoms with Gasteiger partial charge in [-0.3, -0.25) is 4.34 Å². The van der Waals surface area contributed by atoms with E-state index in [9.17, 15) is 8.78 Å². The molecule has 0 spiro atoms. The summed E-state index contributed by atoms with van der Waals surface area (Å²) >= 11 is 9.71. The molecule has 162 valence electrons. The maximum atomic E-state index is 13.3. The fraction of sp³-hybridized carbons (Fsp3) is 0.368. The van der Waals surface area contributed by atoms with Crippen molar-refractivity contribution in [3.8, 4) is 0 Å². The third-order valence-corrected chi connectivity index (χ3v) is 7.39. The van der Waals surface area contributed by atoms with E-state index >= 15 is 0 Å². The van der Waals surface area contributed by atoms with Crippen LogP contribution in [0.2, 0.25) is 5.15 Å². The lowest BCUT2D eigenvalue weighted by Gasteiger charge is -2.11. The van der Waals surface area contributed by atoms with Crippen molar-refractivity contribution in [1.29, 1.82) is 0 Å². The van der Waals surface area contributed by atoms with E-state index in [-0.39, 0.29) is 17.4 Å². The molecule has 0 bridgehead atoms. The number of halogens is 4. The number of benzene rings is 1. The second-order valence-corrected chi connectivity index (χ2v) is 9.65. The Hall–Kier alpha value is -0.740. The molecule has 0 radical (unpaired) electrons. The highest BCUT2D eigenvalue weighted by Gasteiger charge is 2.22. The summed E-state index contributed by atoms with van der Waals surface area (Å²) in [5.74, 6) is -0.297. The fourth-order valence-electron chi connectivity index (χ4n) is 2.94. The molecule has 1 aliphatic heterocycles. The molecule has 1 unspecified atom stereocenters. The quantitative estimate of drug-likeness (QED) is 0.146. The van der Waals surface area contributed by atoms with E-state index in [1.165, 1.54) is 23.6 Å². The van der Waals surface area contributed by atoms with Gasteiger partial charge in [0.25, 0.3) is 6.43 Å². The van der Waals surface area contributed by atoms with Crippen LogP contribution >= 0.6 is 51.8 Å². The molecule has 30 heavy (non-hydrogen) atoms. The molecule has 0 amide bonds. The molecule has 3 aromatic rings. The topological polar surface area (TPSA) is 52.0 Å². The van der Waals surface area contributed by atoms with Crippen LogP contribution < -0.4 is 5.32 Å². The van der Waals surface area contributed by atoms with Crippen molar-refractivity contribution < 1.29 is 13.5 Å². The Labute approximate surface area is 198 Å². The summed E-state index contributed by atoms with van der Waals surface area (Å²) in [5.41, 5.74) is 2.16. The summed E-state index contributed by atoms with van der Waals surface area (Å²) in [6.07, 6.45) is 3.27. The molecule has 5 nitrogen and oxygen atoms in total. The van der Waals surface area contributed by atoms with Crippen LogP contribution in [0.4, 0.5) is 20.2 Å². The largest absolute Gasteiger partial charge is 0.381 e. The summed E-state index contributed by atoms with van der Waals surface area (Å²) < 4.78 is 33.0. The first-order valence-corrected chi connectivity index (χ1v) is 14.9. The highest BCUT2D eigenvalue weighted by molar-refractivity contribution is 14.2. The van der Waals surface area contributed by atoms with E-state index in [1.54, 1.807) is 17.8 Å². The Morgan fingerprint density at radius 2 is 1.93 bits per heavy atom. The summed E-state index contributed by atoms with van der Waals surface area (Å²) in [5, 5.41) is 3.47. The normalized spacial score (nSPS) is 14.3. The molecule has 0 aliphatic carbocycles. The Bertz CT molecular complexity index is 979. The molecule has 1 aliphatic rings. The Kier molecular flexibility index (Phi) is 9.37. The monoisotopic (exact) mass is 584 g/mol. The first-order chi connectivity index (χ1) is 14.5. The van der Waals surface area contributed by atoms with Crippen molar-refractivity contribution >= 4 is 74.3 Å². The lowest BCUT2D eigenvalue weighted by atomic mass is 10.2. The number of para-hydroxylation sites is 1. The molecule has 1 aromatic carbocycles. The van der Waals surface area contributed by atoms with Gasteiger partial charge in [-0.2, -0.15) is 0 Å². The van der Waals surface area contributed by atoms with Crippen LogP contribution in [0.25, 0.3) is 11.2 Å². The average Bonchev–Trinajstić information content (AvgIpc) is 3.14. The van der Waals surface area contributed by atoms with Crippen LogP contribution in [0.15, 0.2) is 35.2 Å². The first-order valence-electron chi connectivity index (χ1n) is 9.26. The molecular formula is C19H21ClF2IN4OPS. The van der Waals surface area contributed by atoms with E-state index in [2.05, 4.69) is 15.3 Å². The average molecular weight is 585 g/mol. The zero-order valence-corrected chi connectivity index (χ0v) is 20.9. The summed E-state index contributed by atoms with van der Waals surface area (Å²) in [6, 6.07) is 9.33. The van der Waals surface area contributed by atoms with Crippen molar-refractivity contribution in [2.45, 2.75) is 30.6 Å². The fourth-order valence-corrected chi connectivity index (χ4v) is 5.58.